The maximum Gasteiger partial charge on any atom is 0.416 e. The van der Waals surface area contributed by atoms with Crippen LogP contribution in [0, 0.1) is 0 Å². The van der Waals surface area contributed by atoms with Gasteiger partial charge in [-0.3, -0.25) is 0 Å². The number of rotatable bonds is 3. The van der Waals surface area contributed by atoms with Crippen molar-refractivity contribution in [1.29, 1.82) is 0 Å². The van der Waals surface area contributed by atoms with E-state index in [1.54, 1.807) is 0 Å². The molecule has 1 aromatic rings. The first-order valence-electron chi connectivity index (χ1n) is 4.61. The zero-order valence-corrected chi connectivity index (χ0v) is 8.70. The second-order valence-electron chi connectivity index (χ2n) is 3.04. The fourth-order valence-corrected chi connectivity index (χ4v) is 1.02. The third kappa shape index (κ3) is 3.79. The van der Waals surface area contributed by atoms with Gasteiger partial charge in [0.15, 0.2) is 0 Å². The topological polar surface area (TPSA) is 26.3 Å². The van der Waals surface area contributed by atoms with Gasteiger partial charge in [-0.1, -0.05) is 12.7 Å². The molecule has 0 atom stereocenters. The fraction of sp³-hybridized carbons (Fsp3) is 0.0833. The number of alkyl halides is 3. The Bertz CT molecular complexity index is 430. The van der Waals surface area contributed by atoms with Crippen LogP contribution in [0.4, 0.5) is 13.2 Å². The highest BCUT2D eigenvalue weighted by Crippen LogP contribution is 2.29. The molecule has 0 fully saturated rings. The molecule has 0 amide bonds. The molecule has 90 valence electrons. The standard InChI is InChI=1S/C12H9F3O2/c1-2-3-8-17-11(16)9-4-6-10(7-5-9)12(13,14)15/h2-8H,1H2/b8-3+. The van der Waals surface area contributed by atoms with Crippen LogP contribution in [0.25, 0.3) is 0 Å². The van der Waals surface area contributed by atoms with Crippen molar-refractivity contribution in [3.8, 4) is 0 Å². The van der Waals surface area contributed by atoms with E-state index in [0.29, 0.717) is 0 Å². The van der Waals surface area contributed by atoms with E-state index in [-0.39, 0.29) is 5.56 Å². The normalized spacial score (nSPS) is 11.5. The molecular weight excluding hydrogens is 233 g/mol. The molecule has 0 radical (unpaired) electrons. The van der Waals surface area contributed by atoms with Crippen molar-refractivity contribution in [1.82, 2.24) is 0 Å². The Morgan fingerprint density at radius 1 is 1.24 bits per heavy atom. The molecule has 2 nitrogen and oxygen atoms in total. The van der Waals surface area contributed by atoms with E-state index < -0.39 is 17.7 Å². The number of ether oxygens (including phenoxy) is 1. The second-order valence-corrected chi connectivity index (χ2v) is 3.04. The second kappa shape index (κ2) is 5.34. The van der Waals surface area contributed by atoms with E-state index >= 15 is 0 Å². The Balaban J connectivity index is 2.77. The van der Waals surface area contributed by atoms with Gasteiger partial charge in [0.2, 0.25) is 0 Å². The average molecular weight is 242 g/mol. The molecule has 0 bridgehead atoms. The maximum atomic E-state index is 12.2. The van der Waals surface area contributed by atoms with Crippen LogP contribution in [-0.2, 0) is 10.9 Å². The Hall–Kier alpha value is -2.04. The van der Waals surface area contributed by atoms with Crippen molar-refractivity contribution in [3.05, 3.63) is 60.4 Å². The summed E-state index contributed by atoms with van der Waals surface area (Å²) in [6.45, 7) is 3.37. The smallest absolute Gasteiger partial charge is 0.416 e. The van der Waals surface area contributed by atoms with E-state index in [1.165, 1.54) is 12.2 Å². The highest BCUT2D eigenvalue weighted by molar-refractivity contribution is 5.89. The van der Waals surface area contributed by atoms with Crippen molar-refractivity contribution in [3.63, 3.8) is 0 Å². The Morgan fingerprint density at radius 2 is 1.82 bits per heavy atom. The molecule has 0 heterocycles. The number of carbonyl (C=O) groups is 1. The quantitative estimate of drug-likeness (QED) is 0.460. The summed E-state index contributed by atoms with van der Waals surface area (Å²) in [5.74, 6) is -0.725. The van der Waals surface area contributed by atoms with Gasteiger partial charge in [0.25, 0.3) is 0 Å². The summed E-state index contributed by atoms with van der Waals surface area (Å²) in [4.78, 5) is 11.3. The summed E-state index contributed by atoms with van der Waals surface area (Å²) in [7, 11) is 0. The Labute approximate surface area is 96.0 Å². The lowest BCUT2D eigenvalue weighted by molar-refractivity contribution is -0.137. The lowest BCUT2D eigenvalue weighted by Crippen LogP contribution is -2.06. The van der Waals surface area contributed by atoms with Crippen LogP contribution >= 0.6 is 0 Å². The molecule has 0 aromatic heterocycles. The number of hydrogen-bond donors (Lipinski definition) is 0. The monoisotopic (exact) mass is 242 g/mol. The van der Waals surface area contributed by atoms with Gasteiger partial charge in [-0.25, -0.2) is 4.79 Å². The summed E-state index contributed by atoms with van der Waals surface area (Å²) in [5, 5.41) is 0. The molecule has 5 heteroatoms. The maximum absolute atomic E-state index is 12.2. The molecule has 0 unspecified atom stereocenters. The zero-order valence-electron chi connectivity index (χ0n) is 8.70. The van der Waals surface area contributed by atoms with Gasteiger partial charge in [0.05, 0.1) is 17.4 Å². The minimum atomic E-state index is -4.41. The molecule has 0 saturated carbocycles. The number of allylic oxidation sites excluding steroid dienone is 2. The molecule has 17 heavy (non-hydrogen) atoms. The van der Waals surface area contributed by atoms with Gasteiger partial charge in [-0.2, -0.15) is 13.2 Å². The van der Waals surface area contributed by atoms with E-state index in [9.17, 15) is 18.0 Å². The van der Waals surface area contributed by atoms with Crippen LogP contribution in [0.1, 0.15) is 15.9 Å². The molecule has 1 aromatic carbocycles. The predicted octanol–water partition coefficient (Wildman–Crippen LogP) is 3.56. The van der Waals surface area contributed by atoms with E-state index in [1.807, 2.05) is 0 Å². The van der Waals surface area contributed by atoms with E-state index in [0.717, 1.165) is 30.5 Å². The van der Waals surface area contributed by atoms with Crippen molar-refractivity contribution >= 4 is 5.97 Å². The lowest BCUT2D eigenvalue weighted by atomic mass is 10.1. The summed E-state index contributed by atoms with van der Waals surface area (Å²) >= 11 is 0. The molecule has 0 saturated heterocycles. The van der Waals surface area contributed by atoms with Gasteiger partial charge >= 0.3 is 12.1 Å². The number of esters is 1. The van der Waals surface area contributed by atoms with Crippen LogP contribution in [0.15, 0.2) is 49.3 Å². The summed E-state index contributed by atoms with van der Waals surface area (Å²) in [6, 6.07) is 3.78. The molecule has 0 spiro atoms. The first-order valence-corrected chi connectivity index (χ1v) is 4.61. The van der Waals surface area contributed by atoms with Gasteiger partial charge in [0.1, 0.15) is 0 Å². The van der Waals surface area contributed by atoms with E-state index in [2.05, 4.69) is 11.3 Å². The van der Waals surface area contributed by atoms with Gasteiger partial charge < -0.3 is 4.74 Å². The first kappa shape index (κ1) is 13.0. The van der Waals surface area contributed by atoms with Crippen molar-refractivity contribution in [2.45, 2.75) is 6.18 Å². The van der Waals surface area contributed by atoms with Crippen molar-refractivity contribution in [2.75, 3.05) is 0 Å². The number of benzene rings is 1. The number of carbonyl (C=O) groups excluding carboxylic acids is 1. The van der Waals surface area contributed by atoms with Gasteiger partial charge in [0, 0.05) is 0 Å². The van der Waals surface area contributed by atoms with E-state index in [4.69, 9.17) is 0 Å². The van der Waals surface area contributed by atoms with Crippen LogP contribution in [0.5, 0.6) is 0 Å². The minimum absolute atomic E-state index is 0.0479. The first-order chi connectivity index (χ1) is 7.95. The fourth-order valence-electron chi connectivity index (χ4n) is 1.02. The third-order valence-electron chi connectivity index (χ3n) is 1.84. The third-order valence-corrected chi connectivity index (χ3v) is 1.84. The van der Waals surface area contributed by atoms with Crippen molar-refractivity contribution < 1.29 is 22.7 Å². The molecule has 1 rings (SSSR count). The minimum Gasteiger partial charge on any atom is -0.431 e. The van der Waals surface area contributed by atoms with Crippen molar-refractivity contribution in [2.24, 2.45) is 0 Å². The zero-order chi connectivity index (χ0) is 12.9. The Morgan fingerprint density at radius 3 is 2.29 bits per heavy atom. The highest BCUT2D eigenvalue weighted by Gasteiger charge is 2.30. The number of halogens is 3. The summed E-state index contributed by atoms with van der Waals surface area (Å²) in [6.07, 6.45) is -0.514. The van der Waals surface area contributed by atoms with Gasteiger partial charge in [-0.05, 0) is 30.3 Å². The highest BCUT2D eigenvalue weighted by atomic mass is 19.4. The van der Waals surface area contributed by atoms with Crippen LogP contribution in [0.2, 0.25) is 0 Å². The SMILES string of the molecule is C=C/C=C/OC(=O)c1ccc(C(F)(F)F)cc1. The van der Waals surface area contributed by atoms with Crippen LogP contribution in [0.3, 0.4) is 0 Å². The molecule has 0 aliphatic carbocycles. The van der Waals surface area contributed by atoms with Crippen LogP contribution < -0.4 is 0 Å². The molecule has 0 N–H and O–H groups in total. The van der Waals surface area contributed by atoms with Gasteiger partial charge in [-0.15, -0.1) is 0 Å². The molecule has 0 aliphatic heterocycles. The largest absolute Gasteiger partial charge is 0.431 e. The molecular formula is C12H9F3O2. The summed E-state index contributed by atoms with van der Waals surface area (Å²) < 4.78 is 41.3. The average Bonchev–Trinajstić information content (AvgIpc) is 2.28. The Kier molecular flexibility index (Phi) is 4.09. The number of hydrogen-bond acceptors (Lipinski definition) is 2. The lowest BCUT2D eigenvalue weighted by Gasteiger charge is -2.06. The molecule has 0 aliphatic rings. The van der Waals surface area contributed by atoms with Crippen LogP contribution in [-0.4, -0.2) is 5.97 Å². The summed E-state index contributed by atoms with van der Waals surface area (Å²) in [5.41, 5.74) is -0.762. The predicted molar refractivity (Wildman–Crippen MR) is 56.2 cm³/mol.